The monoisotopic (exact) mass is 418 g/mol. The number of aliphatic hydroxyl groups is 1. The van der Waals surface area contributed by atoms with Gasteiger partial charge >= 0.3 is 6.18 Å². The van der Waals surface area contributed by atoms with E-state index >= 15 is 0 Å². The number of benzene rings is 1. The fourth-order valence-corrected chi connectivity index (χ4v) is 3.77. The molecule has 150 valence electrons. The molecule has 3 aromatic heterocycles. The van der Waals surface area contributed by atoms with Crippen LogP contribution in [0.15, 0.2) is 54.2 Å². The summed E-state index contributed by atoms with van der Waals surface area (Å²) in [5, 5.41) is 18.7. The first kappa shape index (κ1) is 19.3. The molecule has 0 bridgehead atoms. The molecule has 3 heterocycles. The van der Waals surface area contributed by atoms with E-state index in [0.29, 0.717) is 17.0 Å². The topological polar surface area (TPSA) is 73.0 Å². The Balaban J connectivity index is 1.52. The lowest BCUT2D eigenvalue weighted by Crippen LogP contribution is -2.27. The maximum atomic E-state index is 12.7. The Bertz CT molecular complexity index is 1130. The van der Waals surface area contributed by atoms with E-state index in [0.717, 1.165) is 28.6 Å². The van der Waals surface area contributed by atoms with Gasteiger partial charge in [0.25, 0.3) is 0 Å². The van der Waals surface area contributed by atoms with Crippen molar-refractivity contribution in [3.63, 3.8) is 0 Å². The number of anilines is 2. The van der Waals surface area contributed by atoms with Gasteiger partial charge in [-0.05, 0) is 54.3 Å². The van der Waals surface area contributed by atoms with Crippen molar-refractivity contribution in [2.45, 2.75) is 19.5 Å². The number of H-pyrrole nitrogens is 1. The number of aromatic amines is 1. The lowest BCUT2D eigenvalue weighted by molar-refractivity contribution is -0.137. The zero-order chi connectivity index (χ0) is 20.6. The van der Waals surface area contributed by atoms with E-state index < -0.39 is 18.1 Å². The molecule has 4 rings (SSSR count). The van der Waals surface area contributed by atoms with E-state index in [1.54, 1.807) is 23.7 Å². The molecular formula is C20H17F3N4OS. The summed E-state index contributed by atoms with van der Waals surface area (Å²) < 4.78 is 38.0. The van der Waals surface area contributed by atoms with E-state index in [4.69, 9.17) is 0 Å². The number of rotatable bonds is 5. The van der Waals surface area contributed by atoms with Crippen molar-refractivity contribution in [2.75, 3.05) is 10.6 Å². The number of pyridine rings is 1. The van der Waals surface area contributed by atoms with Gasteiger partial charge in [0.05, 0.1) is 11.3 Å². The Morgan fingerprint density at radius 2 is 1.90 bits per heavy atom. The molecule has 1 atom stereocenters. The van der Waals surface area contributed by atoms with Gasteiger partial charge in [0, 0.05) is 33.9 Å². The first-order valence-electron chi connectivity index (χ1n) is 8.71. The molecule has 0 aliphatic heterocycles. The third-order valence-electron chi connectivity index (χ3n) is 4.51. The number of aryl methyl sites for hydroxylation is 1. The quantitative estimate of drug-likeness (QED) is 0.327. The lowest BCUT2D eigenvalue weighted by atomic mass is 10.1. The number of halogens is 3. The average Bonchev–Trinajstić information content (AvgIpc) is 3.27. The summed E-state index contributed by atoms with van der Waals surface area (Å²) >= 11 is 1.65. The SMILES string of the molecule is Cc1sccc1-c1cnc2[nH]cc(NC(O)Nc3ccc(C(F)(F)F)cc3)c2c1. The number of fused-ring (bicyclic) bond motifs is 1. The first-order chi connectivity index (χ1) is 13.8. The van der Waals surface area contributed by atoms with Crippen molar-refractivity contribution in [1.82, 2.24) is 9.97 Å². The van der Waals surface area contributed by atoms with Crippen LogP contribution < -0.4 is 10.6 Å². The minimum absolute atomic E-state index is 0.352. The molecule has 0 radical (unpaired) electrons. The second kappa shape index (κ2) is 7.41. The van der Waals surface area contributed by atoms with Crippen LogP contribution in [0, 0.1) is 6.92 Å². The Kier molecular flexibility index (Phi) is 4.93. The molecule has 29 heavy (non-hydrogen) atoms. The maximum absolute atomic E-state index is 12.7. The Hall–Kier alpha value is -3.04. The van der Waals surface area contributed by atoms with E-state index in [-0.39, 0.29) is 0 Å². The Morgan fingerprint density at radius 1 is 1.14 bits per heavy atom. The lowest BCUT2D eigenvalue weighted by Gasteiger charge is -2.17. The van der Waals surface area contributed by atoms with Crippen molar-refractivity contribution >= 4 is 33.7 Å². The average molecular weight is 418 g/mol. The van der Waals surface area contributed by atoms with Gasteiger partial charge in [-0.3, -0.25) is 0 Å². The van der Waals surface area contributed by atoms with Crippen molar-refractivity contribution in [1.29, 1.82) is 0 Å². The molecule has 5 nitrogen and oxygen atoms in total. The molecule has 4 N–H and O–H groups in total. The van der Waals surface area contributed by atoms with Crippen LogP contribution >= 0.6 is 11.3 Å². The van der Waals surface area contributed by atoms with Crippen LogP contribution in [-0.4, -0.2) is 21.4 Å². The number of thiophene rings is 1. The second-order valence-electron chi connectivity index (χ2n) is 6.48. The smallest absolute Gasteiger partial charge is 0.357 e. The maximum Gasteiger partial charge on any atom is 0.416 e. The summed E-state index contributed by atoms with van der Waals surface area (Å²) in [6.07, 6.45) is -2.14. The molecule has 9 heteroatoms. The third kappa shape index (κ3) is 4.06. The first-order valence-corrected chi connectivity index (χ1v) is 9.59. The minimum Gasteiger partial charge on any atom is -0.357 e. The largest absolute Gasteiger partial charge is 0.416 e. The van der Waals surface area contributed by atoms with Gasteiger partial charge in [-0.2, -0.15) is 13.2 Å². The zero-order valence-corrected chi connectivity index (χ0v) is 16.0. The fraction of sp³-hybridized carbons (Fsp3) is 0.150. The van der Waals surface area contributed by atoms with E-state index in [1.807, 2.05) is 24.4 Å². The molecule has 1 aromatic carbocycles. The molecule has 0 aliphatic carbocycles. The Labute approximate surface area is 168 Å². The van der Waals surface area contributed by atoms with Crippen molar-refractivity contribution in [3.8, 4) is 11.1 Å². The predicted octanol–water partition coefficient (Wildman–Crippen LogP) is 5.42. The van der Waals surface area contributed by atoms with E-state index in [2.05, 4.69) is 20.6 Å². The summed E-state index contributed by atoms with van der Waals surface area (Å²) in [5.74, 6) is 0. The number of nitrogens with one attached hydrogen (secondary N) is 3. The van der Waals surface area contributed by atoms with Gasteiger partial charge in [-0.15, -0.1) is 11.3 Å². The molecule has 1 unspecified atom stereocenters. The van der Waals surface area contributed by atoms with Gasteiger partial charge in [0.15, 0.2) is 0 Å². The van der Waals surface area contributed by atoms with Crippen molar-refractivity contribution < 1.29 is 18.3 Å². The van der Waals surface area contributed by atoms with Gasteiger partial charge in [-0.1, -0.05) is 0 Å². The number of hydrogen-bond acceptors (Lipinski definition) is 5. The number of aromatic nitrogens is 2. The molecule has 0 aliphatic rings. The van der Waals surface area contributed by atoms with Gasteiger partial charge in [-0.25, -0.2) is 4.98 Å². The molecule has 0 saturated heterocycles. The minimum atomic E-state index is -4.40. The highest BCUT2D eigenvalue weighted by Gasteiger charge is 2.30. The van der Waals surface area contributed by atoms with Crippen LogP contribution in [0.2, 0.25) is 0 Å². The molecular weight excluding hydrogens is 401 g/mol. The summed E-state index contributed by atoms with van der Waals surface area (Å²) in [4.78, 5) is 8.64. The Morgan fingerprint density at radius 3 is 2.55 bits per heavy atom. The number of aliphatic hydroxyl groups excluding tert-OH is 1. The summed E-state index contributed by atoms with van der Waals surface area (Å²) in [6.45, 7) is 2.04. The molecule has 0 fully saturated rings. The highest BCUT2D eigenvalue weighted by molar-refractivity contribution is 7.10. The van der Waals surface area contributed by atoms with E-state index in [1.165, 1.54) is 17.0 Å². The van der Waals surface area contributed by atoms with Crippen LogP contribution in [0.1, 0.15) is 10.4 Å². The van der Waals surface area contributed by atoms with Crippen LogP contribution in [0.25, 0.3) is 22.2 Å². The highest BCUT2D eigenvalue weighted by Crippen LogP contribution is 2.32. The van der Waals surface area contributed by atoms with Gasteiger partial charge < -0.3 is 20.7 Å². The summed E-state index contributed by atoms with van der Waals surface area (Å²) in [6, 6.07) is 8.45. The predicted molar refractivity (Wildman–Crippen MR) is 109 cm³/mol. The van der Waals surface area contributed by atoms with Crippen molar-refractivity contribution in [3.05, 3.63) is 64.6 Å². The molecule has 0 spiro atoms. The van der Waals surface area contributed by atoms with Crippen LogP contribution in [-0.2, 0) is 6.18 Å². The standard InChI is InChI=1S/C20H17F3N4OS/c1-11-15(6-7-29-11)12-8-16-17(10-25-18(16)24-9-12)27-19(28)26-14-4-2-13(3-5-14)20(21,22)23/h2-10,19,26-28H,1H3,(H,24,25). The van der Waals surface area contributed by atoms with Crippen molar-refractivity contribution in [2.24, 2.45) is 0 Å². The normalized spacial score (nSPS) is 12.9. The fourth-order valence-electron chi connectivity index (χ4n) is 3.05. The molecule has 0 amide bonds. The summed E-state index contributed by atoms with van der Waals surface area (Å²) in [5.41, 5.74) is 2.94. The summed E-state index contributed by atoms with van der Waals surface area (Å²) in [7, 11) is 0. The third-order valence-corrected chi connectivity index (χ3v) is 5.35. The molecule has 0 saturated carbocycles. The highest BCUT2D eigenvalue weighted by atomic mass is 32.1. The van der Waals surface area contributed by atoms with Crippen LogP contribution in [0.5, 0.6) is 0 Å². The molecule has 4 aromatic rings. The van der Waals surface area contributed by atoms with Gasteiger partial charge in [0.2, 0.25) is 6.35 Å². The number of hydrogen-bond donors (Lipinski definition) is 4. The van der Waals surface area contributed by atoms with Gasteiger partial charge in [0.1, 0.15) is 5.65 Å². The second-order valence-corrected chi connectivity index (χ2v) is 7.60. The van der Waals surface area contributed by atoms with E-state index in [9.17, 15) is 18.3 Å². The zero-order valence-electron chi connectivity index (χ0n) is 15.2. The number of alkyl halides is 3. The van der Waals surface area contributed by atoms with Crippen LogP contribution in [0.3, 0.4) is 0 Å². The van der Waals surface area contributed by atoms with Crippen LogP contribution in [0.4, 0.5) is 24.5 Å². The number of nitrogens with zero attached hydrogens (tertiary/aromatic N) is 1.